The van der Waals surface area contributed by atoms with E-state index in [1.807, 2.05) is 32.0 Å². The summed E-state index contributed by atoms with van der Waals surface area (Å²) in [6, 6.07) is 9.01. The van der Waals surface area contributed by atoms with Crippen LogP contribution >= 0.6 is 0 Å². The van der Waals surface area contributed by atoms with E-state index in [2.05, 4.69) is 0 Å². The average molecular weight is 346 g/mol. The number of likely N-dealkylation sites (tertiary alicyclic amines) is 1. The van der Waals surface area contributed by atoms with Crippen LogP contribution in [0.5, 0.6) is 0 Å². The number of amides is 2. The predicted octanol–water partition coefficient (Wildman–Crippen LogP) is 2.25. The van der Waals surface area contributed by atoms with Crippen molar-refractivity contribution in [2.45, 2.75) is 39.2 Å². The molecule has 0 bridgehead atoms. The minimum Gasteiger partial charge on any atom is -0.481 e. The molecule has 0 radical (unpaired) electrons. The summed E-state index contributed by atoms with van der Waals surface area (Å²) >= 11 is 0. The molecule has 136 valence electrons. The first-order chi connectivity index (χ1) is 11.9. The summed E-state index contributed by atoms with van der Waals surface area (Å²) in [7, 11) is 0. The van der Waals surface area contributed by atoms with Gasteiger partial charge in [-0.3, -0.25) is 14.4 Å². The first-order valence-electron chi connectivity index (χ1n) is 8.76. The highest BCUT2D eigenvalue weighted by atomic mass is 16.4. The maximum absolute atomic E-state index is 12.9. The van der Waals surface area contributed by atoms with E-state index in [1.165, 1.54) is 0 Å². The van der Waals surface area contributed by atoms with Gasteiger partial charge in [0.25, 0.3) is 5.91 Å². The van der Waals surface area contributed by atoms with Crippen molar-refractivity contribution in [3.8, 4) is 0 Å². The molecule has 1 aromatic rings. The molecule has 0 spiro atoms. The second-order valence-electron chi connectivity index (χ2n) is 6.73. The molecule has 0 aliphatic carbocycles. The molecule has 25 heavy (non-hydrogen) atoms. The molecule has 0 aromatic heterocycles. The summed E-state index contributed by atoms with van der Waals surface area (Å²) in [4.78, 5) is 39.6. The number of benzene rings is 1. The fourth-order valence-electron chi connectivity index (χ4n) is 3.20. The Kier molecular flexibility index (Phi) is 6.56. The van der Waals surface area contributed by atoms with Gasteiger partial charge in [0, 0.05) is 31.2 Å². The summed E-state index contributed by atoms with van der Waals surface area (Å²) in [5.74, 6) is -1.29. The monoisotopic (exact) mass is 346 g/mol. The molecule has 1 aromatic carbocycles. The van der Waals surface area contributed by atoms with Crippen molar-refractivity contribution in [2.24, 2.45) is 5.92 Å². The van der Waals surface area contributed by atoms with Gasteiger partial charge in [-0.05, 0) is 38.8 Å². The fraction of sp³-hybridized carbons (Fsp3) is 0.526. The van der Waals surface area contributed by atoms with Crippen molar-refractivity contribution in [1.29, 1.82) is 0 Å². The second kappa shape index (κ2) is 8.65. The first kappa shape index (κ1) is 19.0. The van der Waals surface area contributed by atoms with E-state index in [9.17, 15) is 14.4 Å². The molecule has 1 N–H and O–H groups in total. The van der Waals surface area contributed by atoms with Crippen LogP contribution in [0.1, 0.15) is 43.5 Å². The number of piperidine rings is 1. The van der Waals surface area contributed by atoms with E-state index >= 15 is 0 Å². The Morgan fingerprint density at radius 1 is 1.24 bits per heavy atom. The van der Waals surface area contributed by atoms with Crippen LogP contribution in [0.2, 0.25) is 0 Å². The number of carbonyl (C=O) groups excluding carboxylic acids is 2. The summed E-state index contributed by atoms with van der Waals surface area (Å²) in [6.45, 7) is 5.01. The summed E-state index contributed by atoms with van der Waals surface area (Å²) in [5.41, 5.74) is 0.627. The third-order valence-corrected chi connectivity index (χ3v) is 4.55. The zero-order chi connectivity index (χ0) is 18.4. The molecule has 1 heterocycles. The number of carboxylic acids is 1. The van der Waals surface area contributed by atoms with Gasteiger partial charge in [0.1, 0.15) is 0 Å². The fourth-order valence-corrected chi connectivity index (χ4v) is 3.20. The van der Waals surface area contributed by atoms with Gasteiger partial charge in [0.05, 0.1) is 12.3 Å². The van der Waals surface area contributed by atoms with Crippen LogP contribution in [-0.4, -0.2) is 58.4 Å². The van der Waals surface area contributed by atoms with Gasteiger partial charge in [-0.15, -0.1) is 0 Å². The number of rotatable bonds is 6. The Balaban J connectivity index is 2.04. The van der Waals surface area contributed by atoms with Gasteiger partial charge in [-0.25, -0.2) is 0 Å². The SMILES string of the molecule is CC(C)N(CCC(=O)O)C(=O)C1CCCN(C(=O)c2ccccc2)C1. The number of hydrogen-bond donors (Lipinski definition) is 1. The van der Waals surface area contributed by atoms with Crippen LogP contribution in [0.25, 0.3) is 0 Å². The molecular weight excluding hydrogens is 320 g/mol. The molecule has 1 aliphatic heterocycles. The zero-order valence-electron chi connectivity index (χ0n) is 14.9. The Morgan fingerprint density at radius 3 is 2.52 bits per heavy atom. The highest BCUT2D eigenvalue weighted by Gasteiger charge is 2.32. The predicted molar refractivity (Wildman–Crippen MR) is 94.2 cm³/mol. The highest BCUT2D eigenvalue weighted by Crippen LogP contribution is 2.22. The summed E-state index contributed by atoms with van der Waals surface area (Å²) < 4.78 is 0. The minimum atomic E-state index is -0.914. The topological polar surface area (TPSA) is 77.9 Å². The molecule has 2 rings (SSSR count). The molecule has 2 amide bonds. The maximum Gasteiger partial charge on any atom is 0.305 e. The Bertz CT molecular complexity index is 615. The van der Waals surface area contributed by atoms with Crippen LogP contribution in [-0.2, 0) is 9.59 Å². The highest BCUT2D eigenvalue weighted by molar-refractivity contribution is 5.94. The molecule has 6 nitrogen and oxygen atoms in total. The quantitative estimate of drug-likeness (QED) is 0.857. The van der Waals surface area contributed by atoms with Crippen molar-refractivity contribution in [3.05, 3.63) is 35.9 Å². The normalized spacial score (nSPS) is 17.4. The Hall–Kier alpha value is -2.37. The molecule has 1 fully saturated rings. The van der Waals surface area contributed by atoms with Gasteiger partial charge < -0.3 is 14.9 Å². The van der Waals surface area contributed by atoms with Gasteiger partial charge in [0.2, 0.25) is 5.91 Å². The number of nitrogens with zero attached hydrogens (tertiary/aromatic N) is 2. The molecule has 1 atom stereocenters. The van der Waals surface area contributed by atoms with Crippen molar-refractivity contribution in [3.63, 3.8) is 0 Å². The van der Waals surface area contributed by atoms with Crippen LogP contribution in [0.15, 0.2) is 30.3 Å². The summed E-state index contributed by atoms with van der Waals surface area (Å²) in [5, 5.41) is 8.89. The number of carbonyl (C=O) groups is 3. The molecule has 6 heteroatoms. The van der Waals surface area contributed by atoms with Crippen molar-refractivity contribution in [1.82, 2.24) is 9.80 Å². The van der Waals surface area contributed by atoms with Crippen molar-refractivity contribution >= 4 is 17.8 Å². The van der Waals surface area contributed by atoms with Crippen molar-refractivity contribution in [2.75, 3.05) is 19.6 Å². The van der Waals surface area contributed by atoms with Gasteiger partial charge >= 0.3 is 5.97 Å². The van der Waals surface area contributed by atoms with Crippen LogP contribution in [0, 0.1) is 5.92 Å². The van der Waals surface area contributed by atoms with E-state index in [0.29, 0.717) is 18.7 Å². The Morgan fingerprint density at radius 2 is 1.92 bits per heavy atom. The average Bonchev–Trinajstić information content (AvgIpc) is 2.61. The molecule has 0 saturated carbocycles. The van der Waals surface area contributed by atoms with Crippen LogP contribution < -0.4 is 0 Å². The van der Waals surface area contributed by atoms with Gasteiger partial charge in [-0.2, -0.15) is 0 Å². The van der Waals surface area contributed by atoms with Crippen LogP contribution in [0.4, 0.5) is 0 Å². The third-order valence-electron chi connectivity index (χ3n) is 4.55. The largest absolute Gasteiger partial charge is 0.481 e. The molecule has 1 saturated heterocycles. The van der Waals surface area contributed by atoms with Gasteiger partial charge in [-0.1, -0.05) is 18.2 Å². The minimum absolute atomic E-state index is 0.0539. The smallest absolute Gasteiger partial charge is 0.305 e. The van der Waals surface area contributed by atoms with Crippen molar-refractivity contribution < 1.29 is 19.5 Å². The second-order valence-corrected chi connectivity index (χ2v) is 6.73. The lowest BCUT2D eigenvalue weighted by Gasteiger charge is -2.36. The van der Waals surface area contributed by atoms with E-state index in [0.717, 1.165) is 12.8 Å². The van der Waals surface area contributed by atoms with E-state index in [4.69, 9.17) is 5.11 Å². The third kappa shape index (κ3) is 5.05. The van der Waals surface area contributed by atoms with E-state index < -0.39 is 5.97 Å². The Labute approximate surface area is 148 Å². The lowest BCUT2D eigenvalue weighted by Crippen LogP contribution is -2.49. The van der Waals surface area contributed by atoms with Gasteiger partial charge in [0.15, 0.2) is 0 Å². The van der Waals surface area contributed by atoms with Crippen LogP contribution in [0.3, 0.4) is 0 Å². The van der Waals surface area contributed by atoms with E-state index in [1.54, 1.807) is 21.9 Å². The lowest BCUT2D eigenvalue weighted by atomic mass is 9.95. The number of aliphatic carboxylic acids is 1. The zero-order valence-corrected chi connectivity index (χ0v) is 14.9. The number of carboxylic acid groups (broad SMARTS) is 1. The lowest BCUT2D eigenvalue weighted by molar-refractivity contribution is -0.141. The molecular formula is C19H26N2O4. The number of hydrogen-bond acceptors (Lipinski definition) is 3. The molecule has 1 aliphatic rings. The van der Waals surface area contributed by atoms with E-state index in [-0.39, 0.29) is 36.7 Å². The first-order valence-corrected chi connectivity index (χ1v) is 8.76. The maximum atomic E-state index is 12.9. The molecule has 1 unspecified atom stereocenters. The standard InChI is InChI=1S/C19H26N2O4/c1-14(2)21(12-10-17(22)23)19(25)16-9-6-11-20(13-16)18(24)15-7-4-3-5-8-15/h3-5,7-8,14,16H,6,9-13H2,1-2H3,(H,22,23). The summed E-state index contributed by atoms with van der Waals surface area (Å²) in [6.07, 6.45) is 1.44.